The second-order valence-corrected chi connectivity index (χ2v) is 10.1. The standard InChI is InChI=1S/C32H57NO7/c1-2-3-4-5-6-7-8-9-10-11-12-13-14-15-32(34)40-29-27-38-25-23-36-21-20-35-22-24-37-26-28-39-31-18-16-30(33)17-19-31/h16-19H,2-15,20-29,33H2,1H3. The molecular weight excluding hydrogens is 510 g/mol. The summed E-state index contributed by atoms with van der Waals surface area (Å²) in [6.45, 7) is 6.89. The van der Waals surface area contributed by atoms with Crippen molar-refractivity contribution in [3.63, 3.8) is 0 Å². The number of unbranched alkanes of at least 4 members (excludes halogenated alkanes) is 12. The highest BCUT2D eigenvalue weighted by Gasteiger charge is 2.03. The van der Waals surface area contributed by atoms with Crippen molar-refractivity contribution >= 4 is 11.7 Å². The van der Waals surface area contributed by atoms with Crippen molar-refractivity contribution in [2.75, 3.05) is 71.8 Å². The fraction of sp³-hybridized carbons (Fsp3) is 0.781. The normalized spacial score (nSPS) is 11.1. The summed E-state index contributed by atoms with van der Waals surface area (Å²) < 4.78 is 32.6. The van der Waals surface area contributed by atoms with Gasteiger partial charge >= 0.3 is 5.97 Å². The average molecular weight is 568 g/mol. The zero-order valence-electron chi connectivity index (χ0n) is 25.2. The van der Waals surface area contributed by atoms with Crippen LogP contribution in [0.1, 0.15) is 96.8 Å². The molecule has 0 amide bonds. The van der Waals surface area contributed by atoms with Crippen LogP contribution in [0.25, 0.3) is 0 Å². The summed E-state index contributed by atoms with van der Waals surface area (Å²) in [5.74, 6) is 0.648. The Bertz CT molecular complexity index is 672. The number of nitrogens with two attached hydrogens (primary N) is 1. The van der Waals surface area contributed by atoms with Gasteiger partial charge in [0.25, 0.3) is 0 Å². The Hall–Kier alpha value is -1.87. The Labute approximate surface area is 243 Å². The largest absolute Gasteiger partial charge is 0.491 e. The van der Waals surface area contributed by atoms with E-state index >= 15 is 0 Å². The first-order valence-corrected chi connectivity index (χ1v) is 15.7. The van der Waals surface area contributed by atoms with E-state index in [4.69, 9.17) is 34.2 Å². The Kier molecular flexibility index (Phi) is 25.9. The van der Waals surface area contributed by atoms with Gasteiger partial charge in [-0.15, -0.1) is 0 Å². The van der Waals surface area contributed by atoms with Gasteiger partial charge < -0.3 is 34.2 Å². The molecule has 0 aromatic heterocycles. The number of anilines is 1. The molecule has 8 nitrogen and oxygen atoms in total. The fourth-order valence-electron chi connectivity index (χ4n) is 4.12. The molecule has 0 radical (unpaired) electrons. The molecule has 232 valence electrons. The molecule has 0 heterocycles. The number of benzene rings is 1. The topological polar surface area (TPSA) is 98.5 Å². The van der Waals surface area contributed by atoms with Crippen molar-refractivity contribution in [1.29, 1.82) is 0 Å². The predicted octanol–water partition coefficient (Wildman–Crippen LogP) is 6.74. The maximum atomic E-state index is 11.8. The van der Waals surface area contributed by atoms with Crippen LogP contribution >= 0.6 is 0 Å². The van der Waals surface area contributed by atoms with E-state index in [1.54, 1.807) is 12.1 Å². The third-order valence-corrected chi connectivity index (χ3v) is 6.47. The third kappa shape index (κ3) is 25.1. The van der Waals surface area contributed by atoms with Crippen molar-refractivity contribution in [3.8, 4) is 5.75 Å². The third-order valence-electron chi connectivity index (χ3n) is 6.47. The molecule has 8 heteroatoms. The highest BCUT2D eigenvalue weighted by Crippen LogP contribution is 2.14. The molecule has 0 saturated carbocycles. The highest BCUT2D eigenvalue weighted by atomic mass is 16.6. The molecule has 0 aliphatic carbocycles. The lowest BCUT2D eigenvalue weighted by Gasteiger charge is -2.09. The first kappa shape index (κ1) is 36.2. The van der Waals surface area contributed by atoms with E-state index in [0.717, 1.165) is 18.6 Å². The maximum Gasteiger partial charge on any atom is 0.305 e. The molecule has 2 N–H and O–H groups in total. The fourth-order valence-corrected chi connectivity index (χ4v) is 4.12. The van der Waals surface area contributed by atoms with Crippen molar-refractivity contribution in [3.05, 3.63) is 24.3 Å². The van der Waals surface area contributed by atoms with Crippen LogP contribution in [0.4, 0.5) is 5.69 Å². The molecule has 1 aromatic rings. The predicted molar refractivity (Wildman–Crippen MR) is 161 cm³/mol. The minimum absolute atomic E-state index is 0.126. The van der Waals surface area contributed by atoms with Gasteiger partial charge in [0, 0.05) is 12.1 Å². The molecular formula is C32H57NO7. The number of rotatable bonds is 30. The van der Waals surface area contributed by atoms with Crippen LogP contribution < -0.4 is 10.5 Å². The first-order chi connectivity index (χ1) is 19.7. The van der Waals surface area contributed by atoms with Crippen molar-refractivity contribution < 1.29 is 33.2 Å². The summed E-state index contributed by atoms with van der Waals surface area (Å²) >= 11 is 0. The van der Waals surface area contributed by atoms with E-state index in [9.17, 15) is 4.79 Å². The molecule has 0 bridgehead atoms. The van der Waals surface area contributed by atoms with Crippen LogP contribution in [0.15, 0.2) is 24.3 Å². The quantitative estimate of drug-likeness (QED) is 0.0620. The Balaban J connectivity index is 1.70. The average Bonchev–Trinajstić information content (AvgIpc) is 2.96. The van der Waals surface area contributed by atoms with Crippen LogP contribution in [0.2, 0.25) is 0 Å². The number of carbonyl (C=O) groups excluding carboxylic acids is 1. The number of carbonyl (C=O) groups is 1. The van der Waals surface area contributed by atoms with E-state index < -0.39 is 0 Å². The van der Waals surface area contributed by atoms with Crippen molar-refractivity contribution in [2.45, 2.75) is 96.8 Å². The maximum absolute atomic E-state index is 11.8. The summed E-state index contributed by atoms with van der Waals surface area (Å²) in [5, 5.41) is 0. The number of ether oxygens (including phenoxy) is 6. The van der Waals surface area contributed by atoms with Crippen LogP contribution in [0, 0.1) is 0 Å². The van der Waals surface area contributed by atoms with Crippen LogP contribution in [0.3, 0.4) is 0 Å². The van der Waals surface area contributed by atoms with Gasteiger partial charge in [0.1, 0.15) is 19.0 Å². The van der Waals surface area contributed by atoms with E-state index in [1.165, 1.54) is 70.6 Å². The van der Waals surface area contributed by atoms with Gasteiger partial charge in [-0.05, 0) is 30.7 Å². The van der Waals surface area contributed by atoms with Gasteiger partial charge in [-0.2, -0.15) is 0 Å². The minimum Gasteiger partial charge on any atom is -0.491 e. The molecule has 0 aliphatic heterocycles. The smallest absolute Gasteiger partial charge is 0.305 e. The van der Waals surface area contributed by atoms with Crippen LogP contribution in [0.5, 0.6) is 5.75 Å². The van der Waals surface area contributed by atoms with E-state index in [0.29, 0.717) is 78.2 Å². The Morgan fingerprint density at radius 2 is 0.950 bits per heavy atom. The Morgan fingerprint density at radius 3 is 1.43 bits per heavy atom. The SMILES string of the molecule is CCCCCCCCCCCCCCCC(=O)OCCOCCOCCOCCOCCOc1ccc(N)cc1. The first-order valence-electron chi connectivity index (χ1n) is 15.7. The van der Waals surface area contributed by atoms with Crippen LogP contribution in [-0.2, 0) is 28.5 Å². The van der Waals surface area contributed by atoms with Gasteiger partial charge in [0.05, 0.1) is 52.9 Å². The summed E-state index contributed by atoms with van der Waals surface area (Å²) in [6.07, 6.45) is 17.4. The second-order valence-electron chi connectivity index (χ2n) is 10.1. The number of nitrogen functional groups attached to an aromatic ring is 1. The van der Waals surface area contributed by atoms with E-state index in [2.05, 4.69) is 6.92 Å². The number of hydrogen-bond acceptors (Lipinski definition) is 8. The molecule has 0 spiro atoms. The summed E-state index contributed by atoms with van der Waals surface area (Å²) in [5.41, 5.74) is 6.35. The van der Waals surface area contributed by atoms with Gasteiger partial charge in [0.15, 0.2) is 0 Å². The molecule has 40 heavy (non-hydrogen) atoms. The molecule has 0 fully saturated rings. The second kappa shape index (κ2) is 28.7. The van der Waals surface area contributed by atoms with E-state index in [-0.39, 0.29) is 5.97 Å². The zero-order valence-corrected chi connectivity index (χ0v) is 25.2. The molecule has 1 aromatic carbocycles. The van der Waals surface area contributed by atoms with Gasteiger partial charge in [-0.1, -0.05) is 84.0 Å². The van der Waals surface area contributed by atoms with Gasteiger partial charge in [-0.25, -0.2) is 0 Å². The van der Waals surface area contributed by atoms with Crippen LogP contribution in [-0.4, -0.2) is 72.0 Å². The van der Waals surface area contributed by atoms with Gasteiger partial charge in [-0.3, -0.25) is 4.79 Å². The zero-order chi connectivity index (χ0) is 28.8. The highest BCUT2D eigenvalue weighted by molar-refractivity contribution is 5.69. The van der Waals surface area contributed by atoms with Crippen molar-refractivity contribution in [1.82, 2.24) is 0 Å². The molecule has 1 rings (SSSR count). The molecule has 0 atom stereocenters. The lowest BCUT2D eigenvalue weighted by molar-refractivity contribution is -0.145. The molecule has 0 unspecified atom stereocenters. The summed E-state index contributed by atoms with van der Waals surface area (Å²) in [6, 6.07) is 7.27. The Morgan fingerprint density at radius 1 is 0.550 bits per heavy atom. The lowest BCUT2D eigenvalue weighted by atomic mass is 10.0. The molecule has 0 saturated heterocycles. The molecule has 0 aliphatic rings. The minimum atomic E-state index is -0.126. The van der Waals surface area contributed by atoms with Crippen molar-refractivity contribution in [2.24, 2.45) is 0 Å². The van der Waals surface area contributed by atoms with E-state index in [1.807, 2.05) is 12.1 Å². The number of hydrogen-bond donors (Lipinski definition) is 1. The number of esters is 1. The summed E-state index contributed by atoms with van der Waals surface area (Å²) in [7, 11) is 0. The van der Waals surface area contributed by atoms with Gasteiger partial charge in [0.2, 0.25) is 0 Å². The lowest BCUT2D eigenvalue weighted by Crippen LogP contribution is -2.15. The monoisotopic (exact) mass is 567 g/mol. The summed E-state index contributed by atoms with van der Waals surface area (Å²) in [4.78, 5) is 11.8.